The number of carbonyl (C=O) groups excluding carboxylic acids is 1. The van der Waals surface area contributed by atoms with Crippen molar-refractivity contribution in [1.29, 1.82) is 0 Å². The Morgan fingerprint density at radius 1 is 0.950 bits per heavy atom. The number of methoxy groups -OCH3 is 2. The van der Waals surface area contributed by atoms with Gasteiger partial charge in [0.05, 0.1) is 54.7 Å². The van der Waals surface area contributed by atoms with E-state index < -0.39 is 102 Å². The van der Waals surface area contributed by atoms with Crippen LogP contribution < -0.4 is 14.8 Å². The fourth-order valence-corrected chi connectivity index (χ4v) is 9.54. The molecule has 3 aliphatic heterocycles. The van der Waals surface area contributed by atoms with Gasteiger partial charge in [0, 0.05) is 38.1 Å². The van der Waals surface area contributed by atoms with Crippen LogP contribution in [0.5, 0.6) is 11.5 Å². The third kappa shape index (κ3) is 11.3. The van der Waals surface area contributed by atoms with Gasteiger partial charge in [-0.05, 0) is 99.9 Å². The van der Waals surface area contributed by atoms with Crippen LogP contribution >= 0.6 is 0 Å². The topological polar surface area (TPSA) is 187 Å². The minimum absolute atomic E-state index is 0.0974. The fourth-order valence-electron chi connectivity index (χ4n) is 9.54. The molecular weight excluding hydrogens is 783 g/mol. The Bertz CT molecular complexity index is 1540. The standard InChI is InChI=1S/C44H75FN2O13/c1-15-33-44(10,52)37(48)27(6)47(12)22-23(2)20-42(8,51)39(25(4)35(26(5)40(50)58-33)59-34-21-43(9,54-14)38(49)28(7)56-34)60-41-36(30(46-11)18-24(3)55-41)57-32-19-29(45)16-17-31(32)53-13/h16-17,19,23-28,30,33-39,41,46,48-49,51-52H,15,18,20-22H2,1-14H3/t23-,24-,25+,26-,27-,28+,30+,33-,34+,35+,36-,37-,38+,39-,41+,42-,43-,44-/m1/s1. The first-order chi connectivity index (χ1) is 27.9. The van der Waals surface area contributed by atoms with Gasteiger partial charge in [0.15, 0.2) is 30.2 Å². The van der Waals surface area contributed by atoms with Crippen molar-refractivity contribution in [3.8, 4) is 11.5 Å². The number of cyclic esters (lactones) is 1. The predicted molar refractivity (Wildman–Crippen MR) is 221 cm³/mol. The molecule has 3 heterocycles. The average Bonchev–Trinajstić information content (AvgIpc) is 3.18. The molecule has 3 saturated heterocycles. The summed E-state index contributed by atoms with van der Waals surface area (Å²) in [7, 11) is 6.57. The zero-order chi connectivity index (χ0) is 45.1. The summed E-state index contributed by atoms with van der Waals surface area (Å²) in [5, 5.41) is 50.6. The van der Waals surface area contributed by atoms with E-state index in [2.05, 4.69) is 5.32 Å². The number of rotatable bonds is 10. The Morgan fingerprint density at radius 3 is 2.22 bits per heavy atom. The number of likely N-dealkylation sites (N-methyl/N-ethyl adjacent to an activating group) is 2. The van der Waals surface area contributed by atoms with Crippen molar-refractivity contribution in [2.75, 3.05) is 34.9 Å². The molecule has 0 unspecified atom stereocenters. The van der Waals surface area contributed by atoms with E-state index in [9.17, 15) is 29.6 Å². The van der Waals surface area contributed by atoms with Crippen LogP contribution in [-0.2, 0) is 33.2 Å². The van der Waals surface area contributed by atoms with Crippen molar-refractivity contribution < 1.29 is 67.5 Å². The first kappa shape index (κ1) is 50.4. The number of hydrogen-bond acceptors (Lipinski definition) is 15. The molecule has 1 aromatic carbocycles. The first-order valence-corrected chi connectivity index (χ1v) is 21.5. The lowest BCUT2D eigenvalue weighted by atomic mass is 9.77. The van der Waals surface area contributed by atoms with E-state index in [0.29, 0.717) is 18.7 Å². The lowest BCUT2D eigenvalue weighted by molar-refractivity contribution is -0.314. The average molecular weight is 859 g/mol. The summed E-state index contributed by atoms with van der Waals surface area (Å²) in [6.07, 6.45) is -8.67. The quantitative estimate of drug-likeness (QED) is 0.214. The van der Waals surface area contributed by atoms with E-state index in [1.54, 1.807) is 48.6 Å². The molecule has 1 aromatic rings. The van der Waals surface area contributed by atoms with Crippen molar-refractivity contribution in [1.82, 2.24) is 10.2 Å². The van der Waals surface area contributed by atoms with Crippen molar-refractivity contribution in [2.45, 2.75) is 185 Å². The number of benzene rings is 1. The molecule has 0 aromatic heterocycles. The van der Waals surface area contributed by atoms with E-state index in [-0.39, 0.29) is 43.1 Å². The molecule has 0 amide bonds. The summed E-state index contributed by atoms with van der Waals surface area (Å²) in [4.78, 5) is 16.3. The highest BCUT2D eigenvalue weighted by Crippen LogP contribution is 2.41. The highest BCUT2D eigenvalue weighted by Gasteiger charge is 2.53. The van der Waals surface area contributed by atoms with Crippen LogP contribution in [0.25, 0.3) is 0 Å². The van der Waals surface area contributed by atoms with Crippen LogP contribution in [0.1, 0.15) is 94.9 Å². The molecule has 0 spiro atoms. The van der Waals surface area contributed by atoms with Gasteiger partial charge in [-0.15, -0.1) is 0 Å². The Kier molecular flexibility index (Phi) is 17.2. The summed E-state index contributed by atoms with van der Waals surface area (Å²) in [5.74, 6) is -2.89. The maximum atomic E-state index is 14.7. The Hall–Kier alpha value is -2.22. The van der Waals surface area contributed by atoms with E-state index in [4.69, 9.17) is 37.9 Å². The van der Waals surface area contributed by atoms with Gasteiger partial charge in [0.2, 0.25) is 0 Å². The zero-order valence-electron chi connectivity index (χ0n) is 38.2. The van der Waals surface area contributed by atoms with Gasteiger partial charge < -0.3 is 68.5 Å². The van der Waals surface area contributed by atoms with Crippen LogP contribution in [0.15, 0.2) is 18.2 Å². The minimum Gasteiger partial charge on any atom is -0.493 e. The summed E-state index contributed by atoms with van der Waals surface area (Å²) in [6, 6.07) is 3.04. The number of hydrogen-bond donors (Lipinski definition) is 5. The minimum atomic E-state index is -1.84. The molecule has 15 nitrogen and oxygen atoms in total. The summed E-state index contributed by atoms with van der Waals surface area (Å²) < 4.78 is 65.1. The lowest BCUT2D eigenvalue weighted by Gasteiger charge is -2.48. The predicted octanol–water partition coefficient (Wildman–Crippen LogP) is 3.79. The molecule has 16 heteroatoms. The Morgan fingerprint density at radius 2 is 1.62 bits per heavy atom. The molecule has 60 heavy (non-hydrogen) atoms. The number of aliphatic hydroxyl groups is 4. The molecule has 18 atom stereocenters. The van der Waals surface area contributed by atoms with Crippen LogP contribution in [-0.4, -0.2) is 156 Å². The highest BCUT2D eigenvalue weighted by atomic mass is 19.1. The number of aliphatic hydroxyl groups excluding tert-OH is 2. The van der Waals surface area contributed by atoms with Crippen molar-refractivity contribution in [3.63, 3.8) is 0 Å². The van der Waals surface area contributed by atoms with Crippen LogP contribution in [0.4, 0.5) is 4.39 Å². The van der Waals surface area contributed by atoms with E-state index in [0.717, 1.165) is 0 Å². The van der Waals surface area contributed by atoms with Crippen LogP contribution in [0, 0.1) is 23.6 Å². The van der Waals surface area contributed by atoms with Crippen molar-refractivity contribution >= 4 is 5.97 Å². The van der Waals surface area contributed by atoms with E-state index in [1.165, 1.54) is 39.3 Å². The summed E-state index contributed by atoms with van der Waals surface area (Å²) in [6.45, 7) is 17.9. The van der Waals surface area contributed by atoms with Crippen LogP contribution in [0.2, 0.25) is 0 Å². The smallest absolute Gasteiger partial charge is 0.311 e. The van der Waals surface area contributed by atoms with E-state index >= 15 is 0 Å². The normalized spacial score (nSPS) is 44.3. The second-order valence-corrected chi connectivity index (χ2v) is 18.4. The number of ether oxygens (including phenoxy) is 8. The second kappa shape index (κ2) is 20.5. The fraction of sp³-hybridized carbons (Fsp3) is 0.841. The molecule has 0 aliphatic carbocycles. The first-order valence-electron chi connectivity index (χ1n) is 21.5. The van der Waals surface area contributed by atoms with Crippen molar-refractivity contribution in [2.24, 2.45) is 17.8 Å². The molecule has 5 N–H and O–H groups in total. The van der Waals surface area contributed by atoms with Gasteiger partial charge in [-0.25, -0.2) is 4.39 Å². The number of esters is 1. The SMILES string of the molecule is CC[C@H]1OC(=O)[C@H](C)[C@@H](O[C@H]2C[C@@](C)(OC)[C@@H](O)[C@H](C)O2)[C@H](C)[C@@H](O[C@@H]2O[C@H](C)C[C@H](NC)[C@H]2Oc2cc(F)ccc2OC)[C@](C)(O)C[C@@H](C)CN(C)[C@H](C)[C@@H](O)[C@]1(C)O. The molecule has 3 fully saturated rings. The molecule has 0 bridgehead atoms. The maximum Gasteiger partial charge on any atom is 0.311 e. The Balaban J connectivity index is 1.88. The number of nitrogens with zero attached hydrogens (tertiary/aromatic N) is 1. The van der Waals surface area contributed by atoms with Gasteiger partial charge in [-0.2, -0.15) is 0 Å². The maximum absolute atomic E-state index is 14.7. The largest absolute Gasteiger partial charge is 0.493 e. The summed E-state index contributed by atoms with van der Waals surface area (Å²) in [5.41, 5.74) is -4.53. The molecule has 0 radical (unpaired) electrons. The number of halogens is 1. The van der Waals surface area contributed by atoms with Gasteiger partial charge in [-0.1, -0.05) is 20.8 Å². The molecular formula is C44H75FN2O13. The van der Waals surface area contributed by atoms with Gasteiger partial charge >= 0.3 is 5.97 Å². The Labute approximate surface area is 356 Å². The molecule has 3 aliphatic rings. The zero-order valence-corrected chi connectivity index (χ0v) is 38.2. The lowest BCUT2D eigenvalue weighted by Crippen LogP contribution is -2.61. The monoisotopic (exact) mass is 859 g/mol. The number of nitrogens with one attached hydrogen (secondary N) is 1. The number of carbonyl (C=O) groups is 1. The van der Waals surface area contributed by atoms with E-state index in [1.807, 2.05) is 32.7 Å². The highest BCUT2D eigenvalue weighted by molar-refractivity contribution is 5.73. The van der Waals surface area contributed by atoms with Crippen LogP contribution in [0.3, 0.4) is 0 Å². The third-order valence-electron chi connectivity index (χ3n) is 13.3. The third-order valence-corrected chi connectivity index (χ3v) is 13.3. The molecule has 4 rings (SSSR count). The second-order valence-electron chi connectivity index (χ2n) is 18.4. The van der Waals surface area contributed by atoms with Gasteiger partial charge in [0.25, 0.3) is 0 Å². The van der Waals surface area contributed by atoms with Gasteiger partial charge in [0.1, 0.15) is 29.7 Å². The van der Waals surface area contributed by atoms with Gasteiger partial charge in [-0.3, -0.25) is 4.79 Å². The van der Waals surface area contributed by atoms with Crippen molar-refractivity contribution in [3.05, 3.63) is 24.0 Å². The molecule has 0 saturated carbocycles. The summed E-state index contributed by atoms with van der Waals surface area (Å²) >= 11 is 0. The molecule has 346 valence electrons.